The Morgan fingerprint density at radius 3 is 2.56 bits per heavy atom. The molecule has 32 heavy (non-hydrogen) atoms. The standard InChI is InChI=1S/C25H30N4O3/c1-3-26-15-17-9-11-18(12-10-17)24(30)29-22-19-6-4-5-7-20(19)32-23(22)25(31)28-21-13-8-16(2)14-27-21/h4-8,13-14,17-18,26H,3,9-12,15H2,1-2H3,(H,29,30)(H,27,28,31). The molecule has 4 rings (SSSR count). The number of aryl methyl sites for hydroxylation is 1. The fraction of sp³-hybridized carbons (Fsp3) is 0.400. The van der Waals surface area contributed by atoms with E-state index in [1.165, 1.54) is 0 Å². The molecule has 0 radical (unpaired) electrons. The predicted molar refractivity (Wildman–Crippen MR) is 126 cm³/mol. The highest BCUT2D eigenvalue weighted by Gasteiger charge is 2.29. The first-order chi connectivity index (χ1) is 15.5. The first kappa shape index (κ1) is 22.0. The second-order valence-electron chi connectivity index (χ2n) is 8.49. The summed E-state index contributed by atoms with van der Waals surface area (Å²) in [4.78, 5) is 30.3. The number of furan rings is 1. The van der Waals surface area contributed by atoms with Gasteiger partial charge in [0.25, 0.3) is 5.91 Å². The minimum Gasteiger partial charge on any atom is -0.449 e. The summed E-state index contributed by atoms with van der Waals surface area (Å²) < 4.78 is 5.84. The van der Waals surface area contributed by atoms with E-state index in [4.69, 9.17) is 4.42 Å². The lowest BCUT2D eigenvalue weighted by molar-refractivity contribution is -0.121. The molecule has 2 heterocycles. The summed E-state index contributed by atoms with van der Waals surface area (Å²) in [5, 5.41) is 9.88. The van der Waals surface area contributed by atoms with E-state index >= 15 is 0 Å². The van der Waals surface area contributed by atoms with Gasteiger partial charge in [-0.2, -0.15) is 0 Å². The molecule has 0 atom stereocenters. The van der Waals surface area contributed by atoms with Crippen LogP contribution < -0.4 is 16.0 Å². The van der Waals surface area contributed by atoms with Crippen molar-refractivity contribution in [2.24, 2.45) is 11.8 Å². The fourth-order valence-corrected chi connectivity index (χ4v) is 4.25. The number of carbonyl (C=O) groups is 2. The van der Waals surface area contributed by atoms with Crippen molar-refractivity contribution in [2.45, 2.75) is 39.5 Å². The van der Waals surface area contributed by atoms with E-state index in [9.17, 15) is 9.59 Å². The van der Waals surface area contributed by atoms with E-state index in [1.807, 2.05) is 31.2 Å². The Labute approximate surface area is 188 Å². The smallest absolute Gasteiger partial charge is 0.294 e. The molecule has 0 saturated heterocycles. The highest BCUT2D eigenvalue weighted by atomic mass is 16.3. The average Bonchev–Trinajstić information content (AvgIpc) is 3.18. The zero-order valence-corrected chi connectivity index (χ0v) is 18.6. The maximum Gasteiger partial charge on any atom is 0.294 e. The summed E-state index contributed by atoms with van der Waals surface area (Å²) in [7, 11) is 0. The van der Waals surface area contributed by atoms with Crippen molar-refractivity contribution in [1.82, 2.24) is 10.3 Å². The second-order valence-corrected chi connectivity index (χ2v) is 8.49. The van der Waals surface area contributed by atoms with E-state index in [-0.39, 0.29) is 17.6 Å². The van der Waals surface area contributed by atoms with Crippen LogP contribution in [0, 0.1) is 18.8 Å². The molecule has 168 valence electrons. The van der Waals surface area contributed by atoms with Crippen molar-refractivity contribution in [3.63, 3.8) is 0 Å². The third kappa shape index (κ3) is 4.99. The molecule has 7 nitrogen and oxygen atoms in total. The molecule has 0 spiro atoms. The number of anilines is 2. The van der Waals surface area contributed by atoms with Gasteiger partial charge in [0.05, 0.1) is 0 Å². The third-order valence-electron chi connectivity index (χ3n) is 6.10. The van der Waals surface area contributed by atoms with Crippen LogP contribution in [0.2, 0.25) is 0 Å². The number of hydrogen-bond acceptors (Lipinski definition) is 5. The van der Waals surface area contributed by atoms with Crippen molar-refractivity contribution >= 4 is 34.3 Å². The van der Waals surface area contributed by atoms with Crippen LogP contribution in [0.25, 0.3) is 11.0 Å². The number of aromatic nitrogens is 1. The van der Waals surface area contributed by atoms with Crippen molar-refractivity contribution in [2.75, 3.05) is 23.7 Å². The minimum atomic E-state index is -0.442. The normalized spacial score (nSPS) is 18.4. The summed E-state index contributed by atoms with van der Waals surface area (Å²) >= 11 is 0. The molecule has 7 heteroatoms. The Bertz CT molecular complexity index is 1080. The Kier molecular flexibility index (Phi) is 6.85. The van der Waals surface area contributed by atoms with E-state index in [2.05, 4.69) is 27.9 Å². The lowest BCUT2D eigenvalue weighted by Crippen LogP contribution is -2.31. The number of carbonyl (C=O) groups excluding carboxylic acids is 2. The number of pyridine rings is 1. The number of fused-ring (bicyclic) bond motifs is 1. The first-order valence-electron chi connectivity index (χ1n) is 11.3. The third-order valence-corrected chi connectivity index (χ3v) is 6.10. The second kappa shape index (κ2) is 9.96. The van der Waals surface area contributed by atoms with Gasteiger partial charge in [0.1, 0.15) is 17.1 Å². The molecule has 0 unspecified atom stereocenters. The molecule has 1 fully saturated rings. The fourth-order valence-electron chi connectivity index (χ4n) is 4.25. The van der Waals surface area contributed by atoms with Crippen LogP contribution in [0.5, 0.6) is 0 Å². The molecule has 0 aliphatic heterocycles. The SMILES string of the molecule is CCNCC1CCC(C(=O)Nc2c(C(=O)Nc3ccc(C)cn3)oc3ccccc23)CC1. The van der Waals surface area contributed by atoms with Crippen LogP contribution in [0.4, 0.5) is 11.5 Å². The summed E-state index contributed by atoms with van der Waals surface area (Å²) in [6.45, 7) is 6.02. The maximum absolute atomic E-state index is 13.1. The Hall–Kier alpha value is -3.19. The van der Waals surface area contributed by atoms with Crippen LogP contribution in [-0.2, 0) is 4.79 Å². The van der Waals surface area contributed by atoms with Crippen molar-refractivity contribution in [3.05, 3.63) is 53.9 Å². The summed E-state index contributed by atoms with van der Waals surface area (Å²) in [6, 6.07) is 11.0. The van der Waals surface area contributed by atoms with Crippen molar-refractivity contribution < 1.29 is 14.0 Å². The van der Waals surface area contributed by atoms with Crippen LogP contribution in [-0.4, -0.2) is 29.9 Å². The molecule has 1 saturated carbocycles. The average molecular weight is 435 g/mol. The zero-order valence-electron chi connectivity index (χ0n) is 18.6. The Balaban J connectivity index is 1.51. The Morgan fingerprint density at radius 2 is 1.84 bits per heavy atom. The molecule has 1 aliphatic carbocycles. The molecule has 0 bridgehead atoms. The quantitative estimate of drug-likeness (QED) is 0.499. The largest absolute Gasteiger partial charge is 0.449 e. The first-order valence-corrected chi connectivity index (χ1v) is 11.3. The van der Waals surface area contributed by atoms with E-state index in [0.717, 1.165) is 44.3 Å². The van der Waals surface area contributed by atoms with Gasteiger partial charge in [-0.25, -0.2) is 4.98 Å². The number of benzene rings is 1. The molecule has 1 aliphatic rings. The highest BCUT2D eigenvalue weighted by molar-refractivity contribution is 6.14. The molecule has 3 aromatic rings. The van der Waals surface area contributed by atoms with Gasteiger partial charge in [-0.05, 0) is 75.4 Å². The maximum atomic E-state index is 13.1. The number of para-hydroxylation sites is 1. The van der Waals surface area contributed by atoms with E-state index < -0.39 is 5.91 Å². The molecule has 2 amide bonds. The van der Waals surface area contributed by atoms with Gasteiger partial charge < -0.3 is 20.4 Å². The summed E-state index contributed by atoms with van der Waals surface area (Å²) in [5.74, 6) is 0.580. The van der Waals surface area contributed by atoms with Crippen LogP contribution in [0.3, 0.4) is 0 Å². The monoisotopic (exact) mass is 434 g/mol. The van der Waals surface area contributed by atoms with Gasteiger partial charge in [-0.1, -0.05) is 25.1 Å². The summed E-state index contributed by atoms with van der Waals surface area (Å²) in [5.41, 5.74) is 1.98. The van der Waals surface area contributed by atoms with Crippen molar-refractivity contribution in [3.8, 4) is 0 Å². The summed E-state index contributed by atoms with van der Waals surface area (Å²) in [6.07, 6.45) is 5.45. The molecule has 1 aromatic carbocycles. The number of rotatable bonds is 7. The lowest BCUT2D eigenvalue weighted by atomic mass is 9.81. The minimum absolute atomic E-state index is 0.0547. The molecule has 3 N–H and O–H groups in total. The predicted octanol–water partition coefficient (Wildman–Crippen LogP) is 4.74. The van der Waals surface area contributed by atoms with Crippen LogP contribution in [0.1, 0.15) is 48.7 Å². The number of hydrogen-bond donors (Lipinski definition) is 3. The zero-order chi connectivity index (χ0) is 22.5. The van der Waals surface area contributed by atoms with E-state index in [1.54, 1.807) is 18.3 Å². The number of nitrogens with zero attached hydrogens (tertiary/aromatic N) is 1. The lowest BCUT2D eigenvalue weighted by Gasteiger charge is -2.27. The van der Waals surface area contributed by atoms with Gasteiger partial charge >= 0.3 is 0 Å². The molecular weight excluding hydrogens is 404 g/mol. The Morgan fingerprint density at radius 1 is 1.06 bits per heavy atom. The topological polar surface area (TPSA) is 96.3 Å². The van der Waals surface area contributed by atoms with Gasteiger partial charge in [0, 0.05) is 17.5 Å². The van der Waals surface area contributed by atoms with Gasteiger partial charge in [-0.3, -0.25) is 9.59 Å². The number of amides is 2. The van der Waals surface area contributed by atoms with Crippen LogP contribution >= 0.6 is 0 Å². The van der Waals surface area contributed by atoms with Crippen LogP contribution in [0.15, 0.2) is 47.0 Å². The molecule has 2 aromatic heterocycles. The van der Waals surface area contributed by atoms with Crippen molar-refractivity contribution in [1.29, 1.82) is 0 Å². The highest BCUT2D eigenvalue weighted by Crippen LogP contribution is 2.34. The number of nitrogens with one attached hydrogen (secondary N) is 3. The van der Waals surface area contributed by atoms with Gasteiger partial charge in [0.15, 0.2) is 0 Å². The molecular formula is C25H30N4O3. The van der Waals surface area contributed by atoms with Gasteiger partial charge in [-0.15, -0.1) is 0 Å². The van der Waals surface area contributed by atoms with Gasteiger partial charge in [0.2, 0.25) is 11.7 Å². The van der Waals surface area contributed by atoms with E-state index in [0.29, 0.717) is 28.4 Å².